The summed E-state index contributed by atoms with van der Waals surface area (Å²) in [5.74, 6) is 1.39. The zero-order valence-corrected chi connectivity index (χ0v) is 13.8. The average Bonchev–Trinajstić information content (AvgIpc) is 2.60. The van der Waals surface area contributed by atoms with E-state index in [-0.39, 0.29) is 0 Å². The molecule has 0 atom stereocenters. The third-order valence-corrected chi connectivity index (χ3v) is 3.52. The standard InChI is InChI=1S/C18H24N4O/c1-3-22(4-2)18(19)21-13-15-8-7-10-17(12-15)23-14-16-9-5-6-11-20-16/h5-12H,3-4,13-14H2,1-2H3,(H2,19,21). The van der Waals surface area contributed by atoms with Crippen molar-refractivity contribution in [2.45, 2.75) is 27.0 Å². The molecule has 1 heterocycles. The molecule has 122 valence electrons. The highest BCUT2D eigenvalue weighted by Crippen LogP contribution is 2.15. The Balaban J connectivity index is 1.95. The Morgan fingerprint density at radius 3 is 2.70 bits per heavy atom. The number of benzene rings is 1. The Kier molecular flexibility index (Phi) is 6.41. The molecule has 0 fully saturated rings. The summed E-state index contributed by atoms with van der Waals surface area (Å²) in [6.07, 6.45) is 1.76. The lowest BCUT2D eigenvalue weighted by atomic mass is 10.2. The Hall–Kier alpha value is -2.56. The molecule has 0 aliphatic carbocycles. The molecule has 2 aromatic rings. The monoisotopic (exact) mass is 312 g/mol. The van der Waals surface area contributed by atoms with Crippen LogP contribution in [0.1, 0.15) is 25.1 Å². The van der Waals surface area contributed by atoms with Gasteiger partial charge in [0.25, 0.3) is 0 Å². The van der Waals surface area contributed by atoms with Gasteiger partial charge in [-0.3, -0.25) is 4.98 Å². The number of nitrogens with zero attached hydrogens (tertiary/aromatic N) is 3. The minimum absolute atomic E-state index is 0.454. The Labute approximate surface area is 137 Å². The van der Waals surface area contributed by atoms with Crippen molar-refractivity contribution in [3.8, 4) is 5.75 Å². The summed E-state index contributed by atoms with van der Waals surface area (Å²) >= 11 is 0. The molecular weight excluding hydrogens is 288 g/mol. The van der Waals surface area contributed by atoms with E-state index < -0.39 is 0 Å². The smallest absolute Gasteiger partial charge is 0.191 e. The topological polar surface area (TPSA) is 63.7 Å². The molecule has 23 heavy (non-hydrogen) atoms. The Bertz CT molecular complexity index is 624. The van der Waals surface area contributed by atoms with Gasteiger partial charge in [0.1, 0.15) is 12.4 Å². The third kappa shape index (κ3) is 5.29. The maximum absolute atomic E-state index is 6.00. The van der Waals surface area contributed by atoms with E-state index in [1.807, 2.05) is 47.4 Å². The minimum atomic E-state index is 0.454. The molecule has 0 spiro atoms. The van der Waals surface area contributed by atoms with Gasteiger partial charge < -0.3 is 15.4 Å². The van der Waals surface area contributed by atoms with E-state index in [2.05, 4.69) is 23.8 Å². The number of nitrogens with two attached hydrogens (primary N) is 1. The van der Waals surface area contributed by atoms with Crippen molar-refractivity contribution in [1.29, 1.82) is 0 Å². The predicted molar refractivity (Wildman–Crippen MR) is 93.3 cm³/mol. The van der Waals surface area contributed by atoms with Crippen LogP contribution in [0, 0.1) is 0 Å². The van der Waals surface area contributed by atoms with Crippen molar-refractivity contribution in [3.63, 3.8) is 0 Å². The van der Waals surface area contributed by atoms with Crippen LogP contribution in [-0.2, 0) is 13.2 Å². The van der Waals surface area contributed by atoms with Crippen LogP contribution in [0.4, 0.5) is 0 Å². The largest absolute Gasteiger partial charge is 0.487 e. The number of pyridine rings is 1. The number of ether oxygens (including phenoxy) is 1. The SMILES string of the molecule is CCN(CC)C(N)=NCc1cccc(OCc2ccccn2)c1. The summed E-state index contributed by atoms with van der Waals surface area (Å²) in [6, 6.07) is 13.7. The first kappa shape index (κ1) is 16.8. The average molecular weight is 312 g/mol. The Morgan fingerprint density at radius 1 is 1.17 bits per heavy atom. The van der Waals surface area contributed by atoms with E-state index in [0.29, 0.717) is 19.1 Å². The van der Waals surface area contributed by atoms with Crippen LogP contribution < -0.4 is 10.5 Å². The van der Waals surface area contributed by atoms with Gasteiger partial charge in [0.05, 0.1) is 12.2 Å². The molecule has 2 N–H and O–H groups in total. The highest BCUT2D eigenvalue weighted by Gasteiger charge is 2.03. The van der Waals surface area contributed by atoms with E-state index in [1.54, 1.807) is 6.20 Å². The molecule has 1 aromatic carbocycles. The van der Waals surface area contributed by atoms with Gasteiger partial charge >= 0.3 is 0 Å². The van der Waals surface area contributed by atoms with Crippen molar-refractivity contribution in [2.24, 2.45) is 10.7 Å². The van der Waals surface area contributed by atoms with Gasteiger partial charge in [0.15, 0.2) is 5.96 Å². The predicted octanol–water partition coefficient (Wildman–Crippen LogP) is 2.82. The quantitative estimate of drug-likeness (QED) is 0.631. The van der Waals surface area contributed by atoms with Crippen LogP contribution in [0.3, 0.4) is 0 Å². The normalized spacial score (nSPS) is 11.3. The molecule has 5 heteroatoms. The lowest BCUT2D eigenvalue weighted by molar-refractivity contribution is 0.301. The number of aliphatic imine (C=N–C) groups is 1. The molecule has 0 bridgehead atoms. The van der Waals surface area contributed by atoms with Gasteiger partial charge in [0, 0.05) is 19.3 Å². The molecule has 0 radical (unpaired) electrons. The van der Waals surface area contributed by atoms with Crippen LogP contribution in [0.25, 0.3) is 0 Å². The molecule has 1 aromatic heterocycles. The zero-order chi connectivity index (χ0) is 16.5. The molecule has 5 nitrogen and oxygen atoms in total. The van der Waals surface area contributed by atoms with E-state index in [4.69, 9.17) is 10.5 Å². The summed E-state index contributed by atoms with van der Waals surface area (Å²) in [4.78, 5) is 10.7. The molecule has 0 saturated carbocycles. The van der Waals surface area contributed by atoms with Crippen molar-refractivity contribution >= 4 is 5.96 Å². The van der Waals surface area contributed by atoms with Gasteiger partial charge in [-0.2, -0.15) is 0 Å². The van der Waals surface area contributed by atoms with E-state index in [0.717, 1.165) is 30.1 Å². The molecule has 0 saturated heterocycles. The van der Waals surface area contributed by atoms with Crippen LogP contribution in [0.15, 0.2) is 53.7 Å². The second kappa shape index (κ2) is 8.78. The van der Waals surface area contributed by atoms with E-state index in [9.17, 15) is 0 Å². The summed E-state index contributed by atoms with van der Waals surface area (Å²) in [5.41, 5.74) is 7.97. The number of hydrogen-bond acceptors (Lipinski definition) is 3. The van der Waals surface area contributed by atoms with Crippen molar-refractivity contribution in [2.75, 3.05) is 13.1 Å². The second-order valence-corrected chi connectivity index (χ2v) is 5.10. The number of rotatable bonds is 7. The lowest BCUT2D eigenvalue weighted by Crippen LogP contribution is -2.37. The van der Waals surface area contributed by atoms with Gasteiger partial charge in [-0.1, -0.05) is 18.2 Å². The fourth-order valence-electron chi connectivity index (χ4n) is 2.19. The first-order chi connectivity index (χ1) is 11.2. The van der Waals surface area contributed by atoms with Gasteiger partial charge in [-0.15, -0.1) is 0 Å². The first-order valence-corrected chi connectivity index (χ1v) is 7.89. The molecule has 0 amide bonds. The minimum Gasteiger partial charge on any atom is -0.487 e. The van der Waals surface area contributed by atoms with E-state index in [1.165, 1.54) is 0 Å². The van der Waals surface area contributed by atoms with Crippen LogP contribution in [0.5, 0.6) is 5.75 Å². The fourth-order valence-corrected chi connectivity index (χ4v) is 2.19. The van der Waals surface area contributed by atoms with Gasteiger partial charge in [0.2, 0.25) is 0 Å². The van der Waals surface area contributed by atoms with Crippen molar-refractivity contribution < 1.29 is 4.74 Å². The molecule has 0 unspecified atom stereocenters. The number of aromatic nitrogens is 1. The first-order valence-electron chi connectivity index (χ1n) is 7.89. The summed E-state index contributed by atoms with van der Waals surface area (Å²) < 4.78 is 5.78. The second-order valence-electron chi connectivity index (χ2n) is 5.10. The maximum atomic E-state index is 6.00. The highest BCUT2D eigenvalue weighted by atomic mass is 16.5. The molecular formula is C18H24N4O. The summed E-state index contributed by atoms with van der Waals surface area (Å²) in [7, 11) is 0. The molecule has 0 aliphatic rings. The van der Waals surface area contributed by atoms with E-state index >= 15 is 0 Å². The van der Waals surface area contributed by atoms with Crippen molar-refractivity contribution in [3.05, 3.63) is 59.9 Å². The summed E-state index contributed by atoms with van der Waals surface area (Å²) in [5, 5.41) is 0. The number of hydrogen-bond donors (Lipinski definition) is 1. The van der Waals surface area contributed by atoms with Gasteiger partial charge in [-0.05, 0) is 43.7 Å². The van der Waals surface area contributed by atoms with Crippen LogP contribution >= 0.6 is 0 Å². The van der Waals surface area contributed by atoms with Crippen LogP contribution in [0.2, 0.25) is 0 Å². The van der Waals surface area contributed by atoms with Crippen LogP contribution in [-0.4, -0.2) is 28.9 Å². The molecule has 0 aliphatic heterocycles. The summed E-state index contributed by atoms with van der Waals surface area (Å²) in [6.45, 7) is 6.85. The Morgan fingerprint density at radius 2 is 2.00 bits per heavy atom. The third-order valence-electron chi connectivity index (χ3n) is 3.52. The zero-order valence-electron chi connectivity index (χ0n) is 13.8. The number of guanidine groups is 1. The van der Waals surface area contributed by atoms with Crippen molar-refractivity contribution in [1.82, 2.24) is 9.88 Å². The maximum Gasteiger partial charge on any atom is 0.191 e. The lowest BCUT2D eigenvalue weighted by Gasteiger charge is -2.19. The highest BCUT2D eigenvalue weighted by molar-refractivity contribution is 5.78. The van der Waals surface area contributed by atoms with Gasteiger partial charge in [-0.25, -0.2) is 4.99 Å². The fraction of sp³-hybridized carbons (Fsp3) is 0.333. The molecule has 2 rings (SSSR count).